The molecule has 1 aliphatic rings. The number of hydrogen-bond donors (Lipinski definition) is 0. The predicted molar refractivity (Wildman–Crippen MR) is 74.8 cm³/mol. The topological polar surface area (TPSA) is 20.3 Å². The summed E-state index contributed by atoms with van der Waals surface area (Å²) in [6.07, 6.45) is 2.67. The lowest BCUT2D eigenvalue weighted by Gasteiger charge is -2.35. The van der Waals surface area contributed by atoms with E-state index in [-0.39, 0.29) is 11.3 Å². The number of Topliss-reactive ketones (excluding diaryl/α,β-unsaturated/α-hetero) is 1. The molecule has 1 unspecified atom stereocenters. The van der Waals surface area contributed by atoms with Crippen LogP contribution in [-0.2, 0) is 0 Å². The van der Waals surface area contributed by atoms with E-state index in [1.807, 2.05) is 0 Å². The van der Waals surface area contributed by atoms with Gasteiger partial charge < -0.3 is 4.90 Å². The van der Waals surface area contributed by atoms with Crippen molar-refractivity contribution in [3.8, 4) is 0 Å². The maximum Gasteiger partial charge on any atom is 0.166 e. The van der Waals surface area contributed by atoms with Crippen LogP contribution < -0.4 is 0 Å². The second-order valence-electron chi connectivity index (χ2n) is 5.70. The second-order valence-corrected chi connectivity index (χ2v) is 5.70. The Morgan fingerprint density at radius 1 is 1.42 bits per heavy atom. The summed E-state index contributed by atoms with van der Waals surface area (Å²) in [4.78, 5) is 14.6. The number of rotatable bonds is 4. The van der Waals surface area contributed by atoms with Crippen molar-refractivity contribution in [3.05, 3.63) is 35.6 Å². The van der Waals surface area contributed by atoms with Crippen molar-refractivity contribution in [2.24, 2.45) is 5.92 Å². The maximum atomic E-state index is 13.6. The molecular formula is C16H22FNO. The van der Waals surface area contributed by atoms with Crippen LogP contribution >= 0.6 is 0 Å². The highest BCUT2D eigenvalue weighted by Crippen LogP contribution is 2.23. The molecule has 0 saturated carbocycles. The molecule has 0 amide bonds. The molecule has 104 valence electrons. The lowest BCUT2D eigenvalue weighted by Crippen LogP contribution is -2.40. The van der Waals surface area contributed by atoms with Crippen LogP contribution in [0.25, 0.3) is 0 Å². The Balaban J connectivity index is 1.97. The summed E-state index contributed by atoms with van der Waals surface area (Å²) in [5.41, 5.74) is 0.240. The molecule has 1 fully saturated rings. The highest BCUT2D eigenvalue weighted by molar-refractivity contribution is 5.96. The van der Waals surface area contributed by atoms with Crippen LogP contribution in [0.2, 0.25) is 0 Å². The van der Waals surface area contributed by atoms with Gasteiger partial charge in [0.25, 0.3) is 0 Å². The zero-order chi connectivity index (χ0) is 13.8. The normalized spacial score (nSPS) is 20.7. The number of carbonyl (C=O) groups excluding carboxylic acids is 1. The fourth-order valence-electron chi connectivity index (χ4n) is 2.79. The highest BCUT2D eigenvalue weighted by Gasteiger charge is 2.24. The molecule has 0 radical (unpaired) electrons. The molecule has 0 aliphatic carbocycles. The third-order valence-corrected chi connectivity index (χ3v) is 3.93. The average Bonchev–Trinajstić information content (AvgIpc) is 2.39. The van der Waals surface area contributed by atoms with Gasteiger partial charge in [0.1, 0.15) is 5.82 Å². The molecule has 19 heavy (non-hydrogen) atoms. The molecule has 0 N–H and O–H groups in total. The number of carbonyl (C=O) groups is 1. The van der Waals surface area contributed by atoms with Crippen molar-refractivity contribution in [1.82, 2.24) is 4.90 Å². The number of benzene rings is 1. The standard InChI is InChI=1S/C16H22FNO/c1-12(2)18-9-5-6-13(11-18)10-16(19)14-7-3-4-8-15(14)17/h3-4,7-8,12-13H,5-6,9-11H2,1-2H3. The molecule has 1 aromatic carbocycles. The number of piperidine rings is 1. The molecular weight excluding hydrogens is 241 g/mol. The van der Waals surface area contributed by atoms with Gasteiger partial charge >= 0.3 is 0 Å². The zero-order valence-electron chi connectivity index (χ0n) is 11.7. The fraction of sp³-hybridized carbons (Fsp3) is 0.562. The first-order chi connectivity index (χ1) is 9.08. The van der Waals surface area contributed by atoms with Crippen LogP contribution in [0.15, 0.2) is 24.3 Å². The van der Waals surface area contributed by atoms with Gasteiger partial charge in [-0.1, -0.05) is 12.1 Å². The Hall–Kier alpha value is -1.22. The summed E-state index contributed by atoms with van der Waals surface area (Å²) in [6.45, 7) is 6.43. The van der Waals surface area contributed by atoms with Gasteiger partial charge in [0.15, 0.2) is 5.78 Å². The first-order valence-electron chi connectivity index (χ1n) is 7.09. The van der Waals surface area contributed by atoms with Gasteiger partial charge in [0.05, 0.1) is 5.56 Å². The Kier molecular flexibility index (Phi) is 4.70. The molecule has 2 rings (SSSR count). The summed E-state index contributed by atoms with van der Waals surface area (Å²) in [5, 5.41) is 0. The van der Waals surface area contributed by atoms with Crippen molar-refractivity contribution >= 4 is 5.78 Å². The smallest absolute Gasteiger partial charge is 0.166 e. The van der Waals surface area contributed by atoms with Gasteiger partial charge in [-0.05, 0) is 51.3 Å². The van der Waals surface area contributed by atoms with E-state index in [1.54, 1.807) is 18.2 Å². The van der Waals surface area contributed by atoms with Crippen molar-refractivity contribution in [3.63, 3.8) is 0 Å². The molecule has 0 aromatic heterocycles. The van der Waals surface area contributed by atoms with E-state index in [0.29, 0.717) is 18.4 Å². The van der Waals surface area contributed by atoms with E-state index < -0.39 is 5.82 Å². The molecule has 1 atom stereocenters. The van der Waals surface area contributed by atoms with Crippen LogP contribution in [0.1, 0.15) is 43.5 Å². The van der Waals surface area contributed by atoms with Crippen LogP contribution in [0.5, 0.6) is 0 Å². The Labute approximate surface area is 114 Å². The summed E-state index contributed by atoms with van der Waals surface area (Å²) < 4.78 is 13.6. The number of likely N-dealkylation sites (tertiary alicyclic amines) is 1. The number of halogens is 1. The van der Waals surface area contributed by atoms with E-state index in [2.05, 4.69) is 18.7 Å². The molecule has 0 bridgehead atoms. The lowest BCUT2D eigenvalue weighted by atomic mass is 9.90. The number of ketones is 1. The summed E-state index contributed by atoms with van der Waals surface area (Å²) in [5.74, 6) is -0.0963. The average molecular weight is 263 g/mol. The second kappa shape index (κ2) is 6.29. The van der Waals surface area contributed by atoms with Crippen LogP contribution in [0.4, 0.5) is 4.39 Å². The minimum atomic E-state index is -0.399. The van der Waals surface area contributed by atoms with Crippen LogP contribution in [0, 0.1) is 11.7 Å². The summed E-state index contributed by atoms with van der Waals surface area (Å²) in [7, 11) is 0. The minimum Gasteiger partial charge on any atom is -0.301 e. The molecule has 1 aliphatic heterocycles. The Morgan fingerprint density at radius 3 is 2.84 bits per heavy atom. The van der Waals surface area contributed by atoms with Crippen molar-refractivity contribution in [2.75, 3.05) is 13.1 Å². The molecule has 3 heteroatoms. The van der Waals surface area contributed by atoms with Gasteiger partial charge in [-0.3, -0.25) is 4.79 Å². The van der Waals surface area contributed by atoms with Gasteiger partial charge in [-0.25, -0.2) is 4.39 Å². The predicted octanol–water partition coefficient (Wildman–Crippen LogP) is 3.52. The molecule has 1 saturated heterocycles. The Bertz CT molecular complexity index is 444. The largest absolute Gasteiger partial charge is 0.301 e. The van der Waals surface area contributed by atoms with E-state index in [1.165, 1.54) is 6.07 Å². The quantitative estimate of drug-likeness (QED) is 0.775. The third kappa shape index (κ3) is 3.63. The fourth-order valence-corrected chi connectivity index (χ4v) is 2.79. The third-order valence-electron chi connectivity index (χ3n) is 3.93. The molecule has 1 aromatic rings. The van der Waals surface area contributed by atoms with E-state index in [0.717, 1.165) is 25.9 Å². The van der Waals surface area contributed by atoms with Crippen LogP contribution in [0.3, 0.4) is 0 Å². The van der Waals surface area contributed by atoms with Crippen molar-refractivity contribution in [1.29, 1.82) is 0 Å². The van der Waals surface area contributed by atoms with Gasteiger partial charge in [-0.15, -0.1) is 0 Å². The first-order valence-corrected chi connectivity index (χ1v) is 7.09. The maximum absolute atomic E-state index is 13.6. The molecule has 2 nitrogen and oxygen atoms in total. The highest BCUT2D eigenvalue weighted by atomic mass is 19.1. The van der Waals surface area contributed by atoms with Crippen LogP contribution in [-0.4, -0.2) is 29.8 Å². The molecule has 1 heterocycles. The first kappa shape index (κ1) is 14.2. The van der Waals surface area contributed by atoms with Gasteiger partial charge in [0, 0.05) is 19.0 Å². The van der Waals surface area contributed by atoms with Gasteiger partial charge in [0.2, 0.25) is 0 Å². The number of nitrogens with zero attached hydrogens (tertiary/aromatic N) is 1. The summed E-state index contributed by atoms with van der Waals surface area (Å²) in [6, 6.07) is 6.80. The van der Waals surface area contributed by atoms with Crippen molar-refractivity contribution in [2.45, 2.75) is 39.2 Å². The zero-order valence-corrected chi connectivity index (χ0v) is 11.7. The minimum absolute atomic E-state index is 0.0614. The lowest BCUT2D eigenvalue weighted by molar-refractivity contribution is 0.0886. The van der Waals surface area contributed by atoms with E-state index >= 15 is 0 Å². The van der Waals surface area contributed by atoms with Gasteiger partial charge in [-0.2, -0.15) is 0 Å². The van der Waals surface area contributed by atoms with E-state index in [9.17, 15) is 9.18 Å². The van der Waals surface area contributed by atoms with Crippen molar-refractivity contribution < 1.29 is 9.18 Å². The monoisotopic (exact) mass is 263 g/mol. The SMILES string of the molecule is CC(C)N1CCCC(CC(=O)c2ccccc2F)C1. The summed E-state index contributed by atoms with van der Waals surface area (Å²) >= 11 is 0. The number of hydrogen-bond acceptors (Lipinski definition) is 2. The molecule has 0 spiro atoms. The Morgan fingerprint density at radius 2 is 2.16 bits per heavy atom. The van der Waals surface area contributed by atoms with E-state index in [4.69, 9.17) is 0 Å².